The van der Waals surface area contributed by atoms with E-state index in [9.17, 15) is 4.79 Å². The van der Waals surface area contributed by atoms with Crippen LogP contribution in [0.1, 0.15) is 23.0 Å². The van der Waals surface area contributed by atoms with Crippen LogP contribution < -0.4 is 0 Å². The number of thiophene rings is 1. The number of hydrogen-bond acceptors (Lipinski definition) is 3. The Hall–Kier alpha value is -1.55. The van der Waals surface area contributed by atoms with Crippen molar-refractivity contribution >= 4 is 17.3 Å². The van der Waals surface area contributed by atoms with Crippen molar-refractivity contribution in [2.45, 2.75) is 13.8 Å². The fraction of sp³-hybridized carbons (Fsp3) is 0.250. The molecular formula is C12H13NO2S. The molecule has 2 aromatic rings. The molecule has 0 aliphatic heterocycles. The number of hydrogen-bond donors (Lipinski definition) is 1. The van der Waals surface area contributed by atoms with Crippen LogP contribution in [0.15, 0.2) is 23.7 Å². The number of ether oxygens (including phenoxy) is 1. The maximum Gasteiger partial charge on any atom is 0.340 e. The number of carbonyl (C=O) groups excluding carboxylic acids is 1. The van der Waals surface area contributed by atoms with Crippen LogP contribution in [-0.2, 0) is 4.74 Å². The summed E-state index contributed by atoms with van der Waals surface area (Å²) in [5.41, 5.74) is 2.41. The van der Waals surface area contributed by atoms with E-state index in [1.165, 1.54) is 0 Å². The van der Waals surface area contributed by atoms with Gasteiger partial charge < -0.3 is 9.72 Å². The topological polar surface area (TPSA) is 42.1 Å². The number of nitrogens with one attached hydrogen (secondary N) is 1. The summed E-state index contributed by atoms with van der Waals surface area (Å²) in [6.07, 6.45) is 1.85. The number of rotatable bonds is 3. The Labute approximate surface area is 98.1 Å². The van der Waals surface area contributed by atoms with E-state index in [4.69, 9.17) is 4.74 Å². The first-order valence-corrected chi connectivity index (χ1v) is 6.01. The lowest BCUT2D eigenvalue weighted by Crippen LogP contribution is -2.06. The minimum atomic E-state index is -0.260. The Morgan fingerprint density at radius 3 is 3.00 bits per heavy atom. The number of esters is 1. The van der Waals surface area contributed by atoms with Gasteiger partial charge in [0.15, 0.2) is 0 Å². The molecule has 0 amide bonds. The van der Waals surface area contributed by atoms with Gasteiger partial charge in [0.25, 0.3) is 0 Å². The average Bonchev–Trinajstić information content (AvgIpc) is 2.86. The fourth-order valence-electron chi connectivity index (χ4n) is 1.62. The Morgan fingerprint density at radius 2 is 2.38 bits per heavy atom. The molecule has 3 nitrogen and oxygen atoms in total. The zero-order chi connectivity index (χ0) is 11.5. The monoisotopic (exact) mass is 235 g/mol. The summed E-state index contributed by atoms with van der Waals surface area (Å²) in [6.45, 7) is 4.08. The molecule has 0 unspecified atom stereocenters. The summed E-state index contributed by atoms with van der Waals surface area (Å²) >= 11 is 1.61. The predicted octanol–water partition coefficient (Wildman–Crippen LogP) is 3.23. The fourth-order valence-corrected chi connectivity index (χ4v) is 2.37. The summed E-state index contributed by atoms with van der Waals surface area (Å²) in [5, 5.41) is 1.99. The van der Waals surface area contributed by atoms with E-state index < -0.39 is 0 Å². The van der Waals surface area contributed by atoms with Crippen molar-refractivity contribution in [2.75, 3.05) is 6.61 Å². The highest BCUT2D eigenvalue weighted by atomic mass is 32.1. The molecule has 1 N–H and O–H groups in total. The molecule has 0 fully saturated rings. The van der Waals surface area contributed by atoms with Crippen LogP contribution in [0.3, 0.4) is 0 Å². The van der Waals surface area contributed by atoms with Gasteiger partial charge >= 0.3 is 5.97 Å². The molecule has 0 aromatic carbocycles. The van der Waals surface area contributed by atoms with Gasteiger partial charge in [-0.25, -0.2) is 4.79 Å². The Kier molecular flexibility index (Phi) is 3.10. The molecule has 0 radical (unpaired) electrons. The second-order valence-electron chi connectivity index (χ2n) is 3.40. The van der Waals surface area contributed by atoms with E-state index >= 15 is 0 Å². The van der Waals surface area contributed by atoms with Crippen LogP contribution in [0.25, 0.3) is 10.4 Å². The van der Waals surface area contributed by atoms with Gasteiger partial charge in [-0.3, -0.25) is 0 Å². The van der Waals surface area contributed by atoms with Gasteiger partial charge in [-0.05, 0) is 25.3 Å². The van der Waals surface area contributed by atoms with Crippen molar-refractivity contribution in [3.05, 3.63) is 35.0 Å². The molecule has 0 aliphatic carbocycles. The molecule has 2 rings (SSSR count). The normalized spacial score (nSPS) is 10.4. The zero-order valence-corrected chi connectivity index (χ0v) is 10.1. The van der Waals surface area contributed by atoms with Gasteiger partial charge in [-0.1, -0.05) is 6.07 Å². The molecule has 0 saturated heterocycles. The average molecular weight is 235 g/mol. The summed E-state index contributed by atoms with van der Waals surface area (Å²) in [7, 11) is 0. The van der Waals surface area contributed by atoms with Crippen LogP contribution in [0, 0.1) is 6.92 Å². The smallest absolute Gasteiger partial charge is 0.340 e. The molecule has 0 saturated carbocycles. The van der Waals surface area contributed by atoms with Gasteiger partial charge in [0, 0.05) is 22.3 Å². The summed E-state index contributed by atoms with van der Waals surface area (Å²) < 4.78 is 5.05. The molecule has 2 aromatic heterocycles. The van der Waals surface area contributed by atoms with Crippen molar-refractivity contribution in [3.8, 4) is 10.4 Å². The highest BCUT2D eigenvalue weighted by Crippen LogP contribution is 2.30. The van der Waals surface area contributed by atoms with Crippen molar-refractivity contribution in [1.82, 2.24) is 4.98 Å². The molecule has 2 heterocycles. The molecule has 16 heavy (non-hydrogen) atoms. The first kappa shape index (κ1) is 11.0. The lowest BCUT2D eigenvalue weighted by atomic mass is 10.1. The minimum absolute atomic E-state index is 0.260. The van der Waals surface area contributed by atoms with Gasteiger partial charge in [-0.2, -0.15) is 0 Å². The van der Waals surface area contributed by atoms with Crippen molar-refractivity contribution in [1.29, 1.82) is 0 Å². The highest BCUT2D eigenvalue weighted by molar-refractivity contribution is 7.13. The standard InChI is InChI=1S/C12H13NO2S/c1-3-15-12(14)11-8(2)13-7-9(11)10-5-4-6-16-10/h4-7,13H,3H2,1-2H3. The van der Waals surface area contributed by atoms with E-state index in [1.807, 2.05) is 37.6 Å². The Balaban J connectivity index is 2.44. The number of carbonyl (C=O) groups is 1. The van der Waals surface area contributed by atoms with E-state index in [0.717, 1.165) is 16.1 Å². The van der Waals surface area contributed by atoms with E-state index in [0.29, 0.717) is 12.2 Å². The van der Waals surface area contributed by atoms with Crippen LogP contribution in [0.2, 0.25) is 0 Å². The molecular weight excluding hydrogens is 222 g/mol. The van der Waals surface area contributed by atoms with Crippen molar-refractivity contribution in [3.63, 3.8) is 0 Å². The molecule has 4 heteroatoms. The molecule has 0 aliphatic rings. The number of aryl methyl sites for hydroxylation is 1. The van der Waals surface area contributed by atoms with Crippen molar-refractivity contribution < 1.29 is 9.53 Å². The van der Waals surface area contributed by atoms with Crippen LogP contribution >= 0.6 is 11.3 Å². The van der Waals surface area contributed by atoms with Crippen molar-refractivity contribution in [2.24, 2.45) is 0 Å². The highest BCUT2D eigenvalue weighted by Gasteiger charge is 2.18. The molecule has 0 bridgehead atoms. The third kappa shape index (κ3) is 1.88. The molecule has 84 valence electrons. The van der Waals surface area contributed by atoms with E-state index in [1.54, 1.807) is 11.3 Å². The predicted molar refractivity (Wildman–Crippen MR) is 64.8 cm³/mol. The zero-order valence-electron chi connectivity index (χ0n) is 9.24. The third-order valence-electron chi connectivity index (χ3n) is 2.34. The van der Waals surface area contributed by atoms with Gasteiger partial charge in [0.2, 0.25) is 0 Å². The Bertz CT molecular complexity index is 485. The first-order chi connectivity index (χ1) is 7.74. The lowest BCUT2D eigenvalue weighted by Gasteiger charge is -2.03. The summed E-state index contributed by atoms with van der Waals surface area (Å²) in [4.78, 5) is 16.0. The van der Waals surface area contributed by atoms with E-state index in [-0.39, 0.29) is 5.97 Å². The van der Waals surface area contributed by atoms with Crippen LogP contribution in [0.4, 0.5) is 0 Å². The van der Waals surface area contributed by atoms with Gasteiger partial charge in [0.1, 0.15) is 0 Å². The van der Waals surface area contributed by atoms with Gasteiger partial charge in [0.05, 0.1) is 12.2 Å². The molecule has 0 spiro atoms. The second-order valence-corrected chi connectivity index (χ2v) is 4.35. The second kappa shape index (κ2) is 4.53. The van der Waals surface area contributed by atoms with Crippen LogP contribution in [0.5, 0.6) is 0 Å². The maximum absolute atomic E-state index is 11.8. The number of aromatic amines is 1. The number of aromatic nitrogens is 1. The Morgan fingerprint density at radius 1 is 1.56 bits per heavy atom. The minimum Gasteiger partial charge on any atom is -0.462 e. The number of H-pyrrole nitrogens is 1. The largest absolute Gasteiger partial charge is 0.462 e. The van der Waals surface area contributed by atoms with Gasteiger partial charge in [-0.15, -0.1) is 11.3 Å². The summed E-state index contributed by atoms with van der Waals surface area (Å²) in [6, 6.07) is 3.97. The SMILES string of the molecule is CCOC(=O)c1c(-c2cccs2)c[nH]c1C. The van der Waals surface area contributed by atoms with Crippen LogP contribution in [-0.4, -0.2) is 17.6 Å². The van der Waals surface area contributed by atoms with E-state index in [2.05, 4.69) is 4.98 Å². The maximum atomic E-state index is 11.8. The third-order valence-corrected chi connectivity index (χ3v) is 3.25. The first-order valence-electron chi connectivity index (χ1n) is 5.13. The lowest BCUT2D eigenvalue weighted by molar-refractivity contribution is 0.0526. The summed E-state index contributed by atoms with van der Waals surface area (Å²) in [5.74, 6) is -0.260. The molecule has 0 atom stereocenters. The quantitative estimate of drug-likeness (QED) is 0.830.